The molecule has 0 bridgehead atoms. The number of hydrogen-bond donors (Lipinski definition) is 1. The van der Waals surface area contributed by atoms with Gasteiger partial charge in [-0.1, -0.05) is 13.3 Å². The fraction of sp³-hybridized carbons (Fsp3) is 0.619. The van der Waals surface area contributed by atoms with Crippen LogP contribution in [0.4, 0.5) is 5.69 Å². The highest BCUT2D eigenvalue weighted by Gasteiger charge is 2.38. The predicted molar refractivity (Wildman–Crippen MR) is 114 cm³/mol. The van der Waals surface area contributed by atoms with Crippen molar-refractivity contribution < 1.29 is 22.7 Å². The van der Waals surface area contributed by atoms with Gasteiger partial charge in [-0.3, -0.25) is 14.5 Å². The highest BCUT2D eigenvalue weighted by Crippen LogP contribution is 2.35. The lowest BCUT2D eigenvalue weighted by Gasteiger charge is -2.26. The molecular weight excluding hydrogens is 406 g/mol. The van der Waals surface area contributed by atoms with Gasteiger partial charge in [-0.05, 0) is 43.0 Å². The van der Waals surface area contributed by atoms with Crippen molar-refractivity contribution in [3.05, 3.63) is 23.8 Å². The predicted octanol–water partition coefficient (Wildman–Crippen LogP) is 1.68. The van der Waals surface area contributed by atoms with Crippen molar-refractivity contribution in [2.24, 2.45) is 0 Å². The van der Waals surface area contributed by atoms with Crippen molar-refractivity contribution in [3.63, 3.8) is 0 Å². The quantitative estimate of drug-likeness (QED) is 0.625. The molecule has 1 aromatic rings. The Labute approximate surface area is 178 Å². The summed E-state index contributed by atoms with van der Waals surface area (Å²) in [4.78, 5) is 27.1. The van der Waals surface area contributed by atoms with Crippen LogP contribution in [-0.2, 0) is 30.8 Å². The monoisotopic (exact) mass is 437 g/mol. The number of carbonyl (C=O) groups is 2. The molecule has 0 aromatic heterocycles. The van der Waals surface area contributed by atoms with Crippen molar-refractivity contribution in [1.82, 2.24) is 9.62 Å². The molecule has 2 aliphatic heterocycles. The maximum absolute atomic E-state index is 13.0. The Kier molecular flexibility index (Phi) is 7.49. The molecule has 2 heterocycles. The maximum Gasteiger partial charge on any atom is 0.243 e. The van der Waals surface area contributed by atoms with E-state index >= 15 is 0 Å². The van der Waals surface area contributed by atoms with Crippen LogP contribution >= 0.6 is 0 Å². The number of nitrogens with zero attached hydrogens (tertiary/aromatic N) is 2. The first-order valence-electron chi connectivity index (χ1n) is 10.6. The van der Waals surface area contributed by atoms with Gasteiger partial charge in [0.1, 0.15) is 6.04 Å². The SMILES string of the molecule is CCC(=O)N1c2ccc(S(=O)(=O)N3CCCCC3)cc2CC1C(=O)NCCCOC. The Hall–Kier alpha value is -1.97. The summed E-state index contributed by atoms with van der Waals surface area (Å²) in [7, 11) is -1.97. The van der Waals surface area contributed by atoms with Gasteiger partial charge in [0.15, 0.2) is 0 Å². The van der Waals surface area contributed by atoms with Crippen LogP contribution in [0.25, 0.3) is 0 Å². The van der Waals surface area contributed by atoms with E-state index in [1.165, 1.54) is 9.21 Å². The van der Waals surface area contributed by atoms with E-state index in [-0.39, 0.29) is 23.1 Å². The lowest BCUT2D eigenvalue weighted by Crippen LogP contribution is -2.48. The van der Waals surface area contributed by atoms with Crippen LogP contribution < -0.4 is 10.2 Å². The molecule has 8 nitrogen and oxygen atoms in total. The van der Waals surface area contributed by atoms with Crippen molar-refractivity contribution in [2.45, 2.75) is 56.4 Å². The third kappa shape index (κ3) is 4.68. The average molecular weight is 438 g/mol. The number of methoxy groups -OCH3 is 1. The lowest BCUT2D eigenvalue weighted by atomic mass is 10.1. The molecule has 1 unspecified atom stereocenters. The fourth-order valence-electron chi connectivity index (χ4n) is 4.08. The summed E-state index contributed by atoms with van der Waals surface area (Å²) in [5.41, 5.74) is 1.34. The second-order valence-electron chi connectivity index (χ2n) is 7.73. The van der Waals surface area contributed by atoms with Gasteiger partial charge in [0.05, 0.1) is 4.90 Å². The van der Waals surface area contributed by atoms with Gasteiger partial charge in [0.25, 0.3) is 0 Å². The summed E-state index contributed by atoms with van der Waals surface area (Å²) in [5.74, 6) is -0.387. The first kappa shape index (κ1) is 22.7. The Balaban J connectivity index is 1.83. The Morgan fingerprint density at radius 1 is 1.20 bits per heavy atom. The second kappa shape index (κ2) is 9.89. The fourth-order valence-corrected chi connectivity index (χ4v) is 5.65. The molecule has 0 radical (unpaired) electrons. The Morgan fingerprint density at radius 2 is 1.93 bits per heavy atom. The van der Waals surface area contributed by atoms with E-state index in [1.807, 2.05) is 0 Å². The zero-order chi connectivity index (χ0) is 21.7. The van der Waals surface area contributed by atoms with E-state index in [2.05, 4.69) is 5.32 Å². The molecule has 9 heteroatoms. The van der Waals surface area contributed by atoms with Crippen LogP contribution in [0.5, 0.6) is 0 Å². The second-order valence-corrected chi connectivity index (χ2v) is 9.67. The van der Waals surface area contributed by atoms with Crippen LogP contribution in [0.1, 0.15) is 44.6 Å². The third-order valence-electron chi connectivity index (χ3n) is 5.69. The third-order valence-corrected chi connectivity index (χ3v) is 7.58. The molecule has 1 atom stereocenters. The topological polar surface area (TPSA) is 96.0 Å². The van der Waals surface area contributed by atoms with E-state index in [9.17, 15) is 18.0 Å². The number of sulfonamides is 1. The average Bonchev–Trinajstić information content (AvgIpc) is 3.15. The zero-order valence-electron chi connectivity index (χ0n) is 17.7. The van der Waals surface area contributed by atoms with Crippen molar-refractivity contribution in [2.75, 3.05) is 38.3 Å². The summed E-state index contributed by atoms with van der Waals surface area (Å²) in [5, 5.41) is 2.86. The van der Waals surface area contributed by atoms with Gasteiger partial charge < -0.3 is 10.1 Å². The number of amides is 2. The number of ether oxygens (including phenoxy) is 1. The minimum atomic E-state index is -3.57. The van der Waals surface area contributed by atoms with Crippen molar-refractivity contribution in [1.29, 1.82) is 0 Å². The maximum atomic E-state index is 13.0. The smallest absolute Gasteiger partial charge is 0.243 e. The molecule has 1 fully saturated rings. The Bertz CT molecular complexity index is 881. The van der Waals surface area contributed by atoms with Crippen LogP contribution in [0.15, 0.2) is 23.1 Å². The van der Waals surface area contributed by atoms with Crippen molar-refractivity contribution in [3.8, 4) is 0 Å². The number of anilines is 1. The van der Waals surface area contributed by atoms with Gasteiger partial charge in [-0.15, -0.1) is 0 Å². The minimum Gasteiger partial charge on any atom is -0.385 e. The summed E-state index contributed by atoms with van der Waals surface area (Å²) < 4.78 is 32.6. The lowest BCUT2D eigenvalue weighted by molar-refractivity contribution is -0.126. The molecule has 2 aliphatic rings. The van der Waals surface area contributed by atoms with E-state index in [4.69, 9.17) is 4.74 Å². The molecule has 0 spiro atoms. The van der Waals surface area contributed by atoms with E-state index < -0.39 is 16.1 Å². The minimum absolute atomic E-state index is 0.155. The first-order valence-corrected chi connectivity index (χ1v) is 12.1. The molecule has 3 rings (SSSR count). The highest BCUT2D eigenvalue weighted by atomic mass is 32.2. The summed E-state index contributed by atoms with van der Waals surface area (Å²) in [6, 6.07) is 4.19. The molecule has 0 aliphatic carbocycles. The number of rotatable bonds is 8. The zero-order valence-corrected chi connectivity index (χ0v) is 18.5. The normalized spacial score (nSPS) is 19.5. The number of hydrogen-bond acceptors (Lipinski definition) is 5. The van der Waals surface area contributed by atoms with E-state index in [1.54, 1.807) is 32.2 Å². The van der Waals surface area contributed by atoms with Gasteiger partial charge >= 0.3 is 0 Å². The van der Waals surface area contributed by atoms with Crippen LogP contribution in [0.3, 0.4) is 0 Å². The highest BCUT2D eigenvalue weighted by molar-refractivity contribution is 7.89. The summed E-state index contributed by atoms with van der Waals surface area (Å²) in [6.45, 7) is 3.82. The first-order chi connectivity index (χ1) is 14.4. The largest absolute Gasteiger partial charge is 0.385 e. The number of benzene rings is 1. The van der Waals surface area contributed by atoms with Gasteiger partial charge in [0.2, 0.25) is 21.8 Å². The molecule has 166 valence electrons. The van der Waals surface area contributed by atoms with E-state index in [0.29, 0.717) is 50.3 Å². The van der Waals surface area contributed by atoms with Crippen LogP contribution in [0, 0.1) is 0 Å². The van der Waals surface area contributed by atoms with Crippen LogP contribution in [-0.4, -0.2) is 63.9 Å². The Morgan fingerprint density at radius 3 is 2.60 bits per heavy atom. The van der Waals surface area contributed by atoms with Gasteiger partial charge in [-0.2, -0.15) is 4.31 Å². The molecule has 1 aromatic carbocycles. The summed E-state index contributed by atoms with van der Waals surface area (Å²) >= 11 is 0. The number of fused-ring (bicyclic) bond motifs is 1. The standard InChI is InChI=1S/C21H31N3O5S/c1-3-20(25)24-18-9-8-17(30(27,28)23-11-5-4-6-12-23)14-16(18)15-19(24)21(26)22-10-7-13-29-2/h8-9,14,19H,3-7,10-13,15H2,1-2H3,(H,22,26). The van der Waals surface area contributed by atoms with Crippen LogP contribution in [0.2, 0.25) is 0 Å². The molecule has 0 saturated carbocycles. The summed E-state index contributed by atoms with van der Waals surface area (Å²) in [6.07, 6.45) is 4.04. The number of nitrogens with one attached hydrogen (secondary N) is 1. The number of carbonyl (C=O) groups excluding carboxylic acids is 2. The molecular formula is C21H31N3O5S. The van der Waals surface area contributed by atoms with Gasteiger partial charge in [0, 0.05) is 51.9 Å². The molecule has 1 saturated heterocycles. The molecule has 30 heavy (non-hydrogen) atoms. The molecule has 1 N–H and O–H groups in total. The van der Waals surface area contributed by atoms with E-state index in [0.717, 1.165) is 19.3 Å². The molecule has 2 amide bonds. The number of piperidine rings is 1. The van der Waals surface area contributed by atoms with Gasteiger partial charge in [-0.25, -0.2) is 8.42 Å². The van der Waals surface area contributed by atoms with Crippen molar-refractivity contribution >= 4 is 27.5 Å².